The first-order chi connectivity index (χ1) is 12.7. The Morgan fingerprint density at radius 1 is 1.19 bits per heavy atom. The SMILES string of the molecule is COC[C@@H]1CN(Cc2ccco2)CC12CCN(Cc1ccc(C)s1)CC2. The average molecular weight is 375 g/mol. The fourth-order valence-electron chi connectivity index (χ4n) is 4.83. The highest BCUT2D eigenvalue weighted by atomic mass is 32.1. The number of furan rings is 1. The molecule has 2 aromatic heterocycles. The largest absolute Gasteiger partial charge is 0.468 e. The Morgan fingerprint density at radius 2 is 2.04 bits per heavy atom. The monoisotopic (exact) mass is 374 g/mol. The summed E-state index contributed by atoms with van der Waals surface area (Å²) in [4.78, 5) is 8.12. The van der Waals surface area contributed by atoms with E-state index >= 15 is 0 Å². The summed E-state index contributed by atoms with van der Waals surface area (Å²) >= 11 is 1.94. The summed E-state index contributed by atoms with van der Waals surface area (Å²) in [5.74, 6) is 1.71. The highest BCUT2D eigenvalue weighted by Crippen LogP contribution is 2.45. The van der Waals surface area contributed by atoms with Crippen molar-refractivity contribution < 1.29 is 9.15 Å². The molecule has 2 aliphatic rings. The van der Waals surface area contributed by atoms with Crippen molar-refractivity contribution in [3.63, 3.8) is 0 Å². The second-order valence-electron chi connectivity index (χ2n) is 8.05. The van der Waals surface area contributed by atoms with E-state index < -0.39 is 0 Å². The number of methoxy groups -OCH3 is 1. The fourth-order valence-corrected chi connectivity index (χ4v) is 5.76. The van der Waals surface area contributed by atoms with Crippen LogP contribution in [-0.2, 0) is 17.8 Å². The lowest BCUT2D eigenvalue weighted by molar-refractivity contribution is 0.0352. The van der Waals surface area contributed by atoms with Gasteiger partial charge < -0.3 is 9.15 Å². The number of nitrogens with zero attached hydrogens (tertiary/aromatic N) is 2. The summed E-state index contributed by atoms with van der Waals surface area (Å²) in [5, 5.41) is 0. The predicted molar refractivity (Wildman–Crippen MR) is 105 cm³/mol. The summed E-state index contributed by atoms with van der Waals surface area (Å²) in [6.45, 7) is 9.80. The molecule has 0 aromatic carbocycles. The molecule has 1 spiro atoms. The Labute approximate surface area is 160 Å². The first kappa shape index (κ1) is 18.2. The maximum atomic E-state index is 5.60. The molecule has 2 saturated heterocycles. The van der Waals surface area contributed by atoms with Crippen molar-refractivity contribution >= 4 is 11.3 Å². The Morgan fingerprint density at radius 3 is 2.69 bits per heavy atom. The Kier molecular flexibility index (Phi) is 5.50. The number of ether oxygens (including phenoxy) is 1. The van der Waals surface area contributed by atoms with Crippen molar-refractivity contribution in [3.05, 3.63) is 46.0 Å². The second kappa shape index (κ2) is 7.85. The predicted octanol–water partition coefficient (Wildman–Crippen LogP) is 4.01. The molecule has 2 aliphatic heterocycles. The van der Waals surface area contributed by atoms with E-state index in [4.69, 9.17) is 9.15 Å². The van der Waals surface area contributed by atoms with Gasteiger partial charge in [0.1, 0.15) is 5.76 Å². The minimum absolute atomic E-state index is 0.407. The van der Waals surface area contributed by atoms with Crippen LogP contribution in [0, 0.1) is 18.3 Å². The topological polar surface area (TPSA) is 28.9 Å². The minimum Gasteiger partial charge on any atom is -0.468 e. The summed E-state index contributed by atoms with van der Waals surface area (Å²) in [7, 11) is 1.84. The van der Waals surface area contributed by atoms with Gasteiger partial charge in [0.2, 0.25) is 0 Å². The molecule has 0 bridgehead atoms. The van der Waals surface area contributed by atoms with Gasteiger partial charge in [-0.2, -0.15) is 0 Å². The van der Waals surface area contributed by atoms with Crippen molar-refractivity contribution in [2.45, 2.75) is 32.9 Å². The summed E-state index contributed by atoms with van der Waals surface area (Å²) < 4.78 is 11.2. The Bertz CT molecular complexity index is 689. The molecule has 0 saturated carbocycles. The summed E-state index contributed by atoms with van der Waals surface area (Å²) in [6.07, 6.45) is 4.33. The van der Waals surface area contributed by atoms with Crippen LogP contribution in [0.15, 0.2) is 34.9 Å². The molecule has 0 N–H and O–H groups in total. The molecule has 2 fully saturated rings. The lowest BCUT2D eigenvalue weighted by Crippen LogP contribution is -2.44. The lowest BCUT2D eigenvalue weighted by atomic mass is 9.71. The number of hydrogen-bond acceptors (Lipinski definition) is 5. The molecule has 0 amide bonds. The van der Waals surface area contributed by atoms with E-state index in [1.807, 2.05) is 24.5 Å². The van der Waals surface area contributed by atoms with Crippen LogP contribution in [0.5, 0.6) is 0 Å². The van der Waals surface area contributed by atoms with E-state index in [2.05, 4.69) is 34.9 Å². The molecule has 0 aliphatic carbocycles. The van der Waals surface area contributed by atoms with Crippen LogP contribution in [0.2, 0.25) is 0 Å². The van der Waals surface area contributed by atoms with Crippen molar-refractivity contribution in [2.75, 3.05) is 39.9 Å². The molecule has 4 nitrogen and oxygen atoms in total. The Balaban J connectivity index is 1.38. The molecule has 0 unspecified atom stereocenters. The highest BCUT2D eigenvalue weighted by Gasteiger charge is 2.47. The third-order valence-electron chi connectivity index (χ3n) is 6.24. The highest BCUT2D eigenvalue weighted by molar-refractivity contribution is 7.11. The van der Waals surface area contributed by atoms with Gasteiger partial charge in [0, 0.05) is 42.4 Å². The average Bonchev–Trinajstić information content (AvgIpc) is 3.34. The van der Waals surface area contributed by atoms with Crippen molar-refractivity contribution in [2.24, 2.45) is 11.3 Å². The molecule has 4 rings (SSSR count). The van der Waals surface area contributed by atoms with Crippen LogP contribution in [0.3, 0.4) is 0 Å². The first-order valence-electron chi connectivity index (χ1n) is 9.68. The fraction of sp³-hybridized carbons (Fsp3) is 0.619. The Hall–Kier alpha value is -1.14. The van der Waals surface area contributed by atoms with Gasteiger partial charge >= 0.3 is 0 Å². The number of thiophene rings is 1. The van der Waals surface area contributed by atoms with Gasteiger partial charge in [0.25, 0.3) is 0 Å². The lowest BCUT2D eigenvalue weighted by Gasteiger charge is -2.42. The molecule has 26 heavy (non-hydrogen) atoms. The van der Waals surface area contributed by atoms with E-state index in [1.54, 1.807) is 6.26 Å². The van der Waals surface area contributed by atoms with Gasteiger partial charge in [-0.05, 0) is 62.5 Å². The van der Waals surface area contributed by atoms with Crippen LogP contribution in [0.4, 0.5) is 0 Å². The van der Waals surface area contributed by atoms with E-state index in [1.165, 1.54) is 42.2 Å². The van der Waals surface area contributed by atoms with E-state index in [9.17, 15) is 0 Å². The normalized spacial score (nSPS) is 23.8. The molecular weight excluding hydrogens is 344 g/mol. The number of rotatable bonds is 6. The molecule has 1 atom stereocenters. The van der Waals surface area contributed by atoms with E-state index in [0.717, 1.165) is 32.0 Å². The molecule has 142 valence electrons. The zero-order chi connectivity index (χ0) is 18.0. The zero-order valence-electron chi connectivity index (χ0n) is 15.9. The summed E-state index contributed by atoms with van der Waals surface area (Å²) in [5.41, 5.74) is 0.407. The van der Waals surface area contributed by atoms with E-state index in [0.29, 0.717) is 11.3 Å². The van der Waals surface area contributed by atoms with Crippen LogP contribution in [0.25, 0.3) is 0 Å². The van der Waals surface area contributed by atoms with Gasteiger partial charge in [-0.15, -0.1) is 11.3 Å². The van der Waals surface area contributed by atoms with Gasteiger partial charge in [-0.25, -0.2) is 0 Å². The maximum absolute atomic E-state index is 5.60. The van der Waals surface area contributed by atoms with Crippen LogP contribution >= 0.6 is 11.3 Å². The number of hydrogen-bond donors (Lipinski definition) is 0. The quantitative estimate of drug-likeness (QED) is 0.764. The second-order valence-corrected chi connectivity index (χ2v) is 9.42. The van der Waals surface area contributed by atoms with Crippen LogP contribution in [0.1, 0.15) is 28.4 Å². The zero-order valence-corrected chi connectivity index (χ0v) is 16.8. The van der Waals surface area contributed by atoms with Crippen molar-refractivity contribution in [1.82, 2.24) is 9.80 Å². The molecule has 4 heterocycles. The standard InChI is InChI=1S/C21H30N2O2S/c1-17-5-6-20(26-17)14-22-9-7-21(8-10-22)16-23(12-18(21)15-24-2)13-19-4-3-11-25-19/h3-6,11,18H,7-10,12-16H2,1-2H3/t18-/m0/s1. The number of likely N-dealkylation sites (tertiary alicyclic amines) is 2. The summed E-state index contributed by atoms with van der Waals surface area (Å²) in [6, 6.07) is 8.60. The number of aryl methyl sites for hydroxylation is 1. The van der Waals surface area contributed by atoms with Crippen molar-refractivity contribution in [3.8, 4) is 0 Å². The number of piperidine rings is 1. The van der Waals surface area contributed by atoms with E-state index in [-0.39, 0.29) is 0 Å². The van der Waals surface area contributed by atoms with Gasteiger partial charge in [-0.1, -0.05) is 0 Å². The maximum Gasteiger partial charge on any atom is 0.117 e. The molecule has 2 aromatic rings. The van der Waals surface area contributed by atoms with Gasteiger partial charge in [-0.3, -0.25) is 9.80 Å². The van der Waals surface area contributed by atoms with Gasteiger partial charge in [0.15, 0.2) is 0 Å². The molecule has 5 heteroatoms. The van der Waals surface area contributed by atoms with Gasteiger partial charge in [0.05, 0.1) is 19.4 Å². The third kappa shape index (κ3) is 3.91. The molecular formula is C21H30N2O2S. The third-order valence-corrected chi connectivity index (χ3v) is 7.22. The van der Waals surface area contributed by atoms with Crippen molar-refractivity contribution in [1.29, 1.82) is 0 Å². The molecule has 0 radical (unpaired) electrons. The van der Waals surface area contributed by atoms with Crippen LogP contribution in [-0.4, -0.2) is 49.7 Å². The minimum atomic E-state index is 0.407. The van der Waals surface area contributed by atoms with Crippen LogP contribution < -0.4 is 0 Å². The smallest absolute Gasteiger partial charge is 0.117 e. The first-order valence-corrected chi connectivity index (χ1v) is 10.5.